The lowest BCUT2D eigenvalue weighted by molar-refractivity contribution is 0.153. The molecule has 2 rings (SSSR count). The van der Waals surface area contributed by atoms with Gasteiger partial charge in [-0.2, -0.15) is 4.98 Å². The Kier molecular flexibility index (Phi) is 3.71. The SMILES string of the molecule is CCCC(O)c1noc(-c2ccncc2Cl)n1. The molecule has 0 spiro atoms. The van der Waals surface area contributed by atoms with Crippen LogP contribution in [-0.2, 0) is 0 Å². The quantitative estimate of drug-likeness (QED) is 0.907. The molecule has 2 aromatic rings. The van der Waals surface area contributed by atoms with Crippen molar-refractivity contribution in [3.63, 3.8) is 0 Å². The van der Waals surface area contributed by atoms with Crippen LogP contribution in [0.1, 0.15) is 31.7 Å². The molecule has 1 unspecified atom stereocenters. The van der Waals surface area contributed by atoms with Gasteiger partial charge in [0.2, 0.25) is 5.82 Å². The Bertz CT molecular complexity index is 501. The number of nitrogens with zero attached hydrogens (tertiary/aromatic N) is 3. The van der Waals surface area contributed by atoms with Crippen molar-refractivity contribution in [2.24, 2.45) is 0 Å². The molecule has 0 aliphatic rings. The average Bonchev–Trinajstić information content (AvgIpc) is 2.79. The summed E-state index contributed by atoms with van der Waals surface area (Å²) in [7, 11) is 0. The number of halogens is 1. The summed E-state index contributed by atoms with van der Waals surface area (Å²) >= 11 is 5.96. The van der Waals surface area contributed by atoms with Gasteiger partial charge in [0.1, 0.15) is 6.10 Å². The predicted octanol–water partition coefficient (Wildman–Crippen LogP) is 2.62. The fourth-order valence-corrected chi connectivity index (χ4v) is 1.63. The highest BCUT2D eigenvalue weighted by molar-refractivity contribution is 6.32. The number of rotatable bonds is 4. The minimum atomic E-state index is -0.696. The Hall–Kier alpha value is -1.46. The van der Waals surface area contributed by atoms with Crippen molar-refractivity contribution in [1.82, 2.24) is 15.1 Å². The average molecular weight is 254 g/mol. The summed E-state index contributed by atoms with van der Waals surface area (Å²) in [4.78, 5) is 7.99. The smallest absolute Gasteiger partial charge is 0.259 e. The van der Waals surface area contributed by atoms with Crippen molar-refractivity contribution < 1.29 is 9.63 Å². The molecule has 0 bridgehead atoms. The van der Waals surface area contributed by atoms with Crippen LogP contribution in [0, 0.1) is 0 Å². The lowest BCUT2D eigenvalue weighted by atomic mass is 10.2. The zero-order valence-electron chi connectivity index (χ0n) is 9.30. The van der Waals surface area contributed by atoms with Crippen molar-refractivity contribution in [2.75, 3.05) is 0 Å². The van der Waals surface area contributed by atoms with E-state index in [1.807, 2.05) is 6.92 Å². The van der Waals surface area contributed by atoms with Crippen LogP contribution >= 0.6 is 11.6 Å². The van der Waals surface area contributed by atoms with Gasteiger partial charge in [-0.05, 0) is 12.5 Å². The van der Waals surface area contributed by atoms with Crippen LogP contribution in [0.3, 0.4) is 0 Å². The second kappa shape index (κ2) is 5.25. The van der Waals surface area contributed by atoms with Gasteiger partial charge in [-0.15, -0.1) is 0 Å². The van der Waals surface area contributed by atoms with Crippen LogP contribution in [0.4, 0.5) is 0 Å². The van der Waals surface area contributed by atoms with Crippen molar-refractivity contribution in [3.8, 4) is 11.5 Å². The zero-order chi connectivity index (χ0) is 12.3. The Morgan fingerprint density at radius 3 is 3.06 bits per heavy atom. The first-order valence-corrected chi connectivity index (χ1v) is 5.71. The Balaban J connectivity index is 2.27. The lowest BCUT2D eigenvalue weighted by Gasteiger charge is -2.01. The molecule has 6 heteroatoms. The Morgan fingerprint density at radius 1 is 1.53 bits per heavy atom. The normalized spacial score (nSPS) is 12.6. The van der Waals surface area contributed by atoms with Crippen LogP contribution in [0.2, 0.25) is 5.02 Å². The molecule has 0 aromatic carbocycles. The first-order chi connectivity index (χ1) is 8.22. The largest absolute Gasteiger partial charge is 0.385 e. The van der Waals surface area contributed by atoms with E-state index in [4.69, 9.17) is 16.1 Å². The Morgan fingerprint density at radius 2 is 2.35 bits per heavy atom. The summed E-state index contributed by atoms with van der Waals surface area (Å²) in [5, 5.41) is 13.9. The van der Waals surface area contributed by atoms with Gasteiger partial charge in [-0.1, -0.05) is 30.1 Å². The summed E-state index contributed by atoms with van der Waals surface area (Å²) < 4.78 is 5.07. The van der Waals surface area contributed by atoms with Gasteiger partial charge in [0.15, 0.2) is 0 Å². The number of hydrogen-bond acceptors (Lipinski definition) is 5. The molecule has 17 heavy (non-hydrogen) atoms. The molecule has 2 heterocycles. The van der Waals surface area contributed by atoms with Gasteiger partial charge in [-0.3, -0.25) is 4.98 Å². The fourth-order valence-electron chi connectivity index (χ4n) is 1.43. The van der Waals surface area contributed by atoms with E-state index < -0.39 is 6.10 Å². The summed E-state index contributed by atoms with van der Waals surface area (Å²) in [6.07, 6.45) is 3.85. The maximum atomic E-state index is 9.72. The molecule has 1 atom stereocenters. The van der Waals surface area contributed by atoms with Crippen molar-refractivity contribution in [2.45, 2.75) is 25.9 Å². The second-order valence-electron chi connectivity index (χ2n) is 3.62. The monoisotopic (exact) mass is 253 g/mol. The van der Waals surface area contributed by atoms with E-state index in [-0.39, 0.29) is 5.82 Å². The highest BCUT2D eigenvalue weighted by Crippen LogP contribution is 2.26. The molecular weight excluding hydrogens is 242 g/mol. The third kappa shape index (κ3) is 2.62. The van der Waals surface area contributed by atoms with E-state index in [0.717, 1.165) is 6.42 Å². The van der Waals surface area contributed by atoms with Gasteiger partial charge in [-0.25, -0.2) is 0 Å². The van der Waals surface area contributed by atoms with Crippen LogP contribution in [0.15, 0.2) is 23.0 Å². The summed E-state index contributed by atoms with van der Waals surface area (Å²) in [6.45, 7) is 1.98. The van der Waals surface area contributed by atoms with Crippen molar-refractivity contribution in [3.05, 3.63) is 29.3 Å². The molecule has 0 saturated heterocycles. The van der Waals surface area contributed by atoms with Gasteiger partial charge in [0, 0.05) is 12.4 Å². The van der Waals surface area contributed by atoms with Crippen LogP contribution < -0.4 is 0 Å². The highest BCUT2D eigenvalue weighted by atomic mass is 35.5. The highest BCUT2D eigenvalue weighted by Gasteiger charge is 2.17. The third-order valence-electron chi connectivity index (χ3n) is 2.30. The first-order valence-electron chi connectivity index (χ1n) is 5.34. The van der Waals surface area contributed by atoms with Crippen molar-refractivity contribution in [1.29, 1.82) is 0 Å². The fraction of sp³-hybridized carbons (Fsp3) is 0.364. The number of aromatic nitrogens is 3. The molecule has 0 aliphatic carbocycles. The minimum absolute atomic E-state index is 0.287. The minimum Gasteiger partial charge on any atom is -0.385 e. The molecule has 1 N–H and O–H groups in total. The molecule has 5 nitrogen and oxygen atoms in total. The molecular formula is C11H12ClN3O2. The topological polar surface area (TPSA) is 72.0 Å². The number of aliphatic hydroxyl groups excluding tert-OH is 1. The molecule has 2 aromatic heterocycles. The number of hydrogen-bond donors (Lipinski definition) is 1. The zero-order valence-corrected chi connectivity index (χ0v) is 10.1. The van der Waals surface area contributed by atoms with E-state index in [9.17, 15) is 5.11 Å². The number of aliphatic hydroxyl groups is 1. The van der Waals surface area contributed by atoms with E-state index in [1.54, 1.807) is 12.3 Å². The second-order valence-corrected chi connectivity index (χ2v) is 4.02. The molecule has 90 valence electrons. The third-order valence-corrected chi connectivity index (χ3v) is 2.61. The van der Waals surface area contributed by atoms with Gasteiger partial charge in [0.05, 0.1) is 10.6 Å². The van der Waals surface area contributed by atoms with E-state index in [2.05, 4.69) is 15.1 Å². The lowest BCUT2D eigenvalue weighted by Crippen LogP contribution is -1.98. The van der Waals surface area contributed by atoms with Crippen molar-refractivity contribution >= 4 is 11.6 Å². The summed E-state index contributed by atoms with van der Waals surface area (Å²) in [6, 6.07) is 1.69. The molecule has 0 aliphatic heterocycles. The molecule has 0 fully saturated rings. The first kappa shape index (κ1) is 12.0. The standard InChI is InChI=1S/C11H12ClN3O2/c1-2-3-9(16)10-14-11(17-15-10)7-4-5-13-6-8(7)12/h4-6,9,16H,2-3H2,1H3. The maximum Gasteiger partial charge on any atom is 0.259 e. The number of pyridine rings is 1. The van der Waals surface area contributed by atoms with E-state index >= 15 is 0 Å². The molecule has 0 amide bonds. The Labute approximate surface area is 103 Å². The van der Waals surface area contributed by atoms with Crippen LogP contribution in [0.25, 0.3) is 11.5 Å². The van der Waals surface area contributed by atoms with Gasteiger partial charge < -0.3 is 9.63 Å². The molecule has 0 radical (unpaired) electrons. The van der Waals surface area contributed by atoms with E-state index in [1.165, 1.54) is 6.20 Å². The van der Waals surface area contributed by atoms with Gasteiger partial charge in [0.25, 0.3) is 5.89 Å². The molecule has 0 saturated carbocycles. The van der Waals surface area contributed by atoms with Crippen LogP contribution in [-0.4, -0.2) is 20.2 Å². The predicted molar refractivity (Wildman–Crippen MR) is 62.4 cm³/mol. The van der Waals surface area contributed by atoms with Gasteiger partial charge >= 0.3 is 0 Å². The summed E-state index contributed by atoms with van der Waals surface area (Å²) in [5.41, 5.74) is 0.615. The maximum absolute atomic E-state index is 9.72. The van der Waals surface area contributed by atoms with E-state index in [0.29, 0.717) is 22.9 Å². The van der Waals surface area contributed by atoms with Crippen LogP contribution in [0.5, 0.6) is 0 Å². The summed E-state index contributed by atoms with van der Waals surface area (Å²) in [5.74, 6) is 0.581.